The van der Waals surface area contributed by atoms with Gasteiger partial charge in [-0.25, -0.2) is 77.5 Å². The minimum absolute atomic E-state index is 0.0637. The number of aliphatic imine (C=N–C) groups is 8. The fourth-order valence-electron chi connectivity index (χ4n) is 4.44. The lowest BCUT2D eigenvalue weighted by Crippen LogP contribution is -2.40. The van der Waals surface area contributed by atoms with Gasteiger partial charge in [0, 0.05) is 0 Å². The van der Waals surface area contributed by atoms with Crippen molar-refractivity contribution in [2.75, 3.05) is 52.6 Å². The molecule has 25 heteroatoms. The van der Waals surface area contributed by atoms with Crippen LogP contribution in [-0.4, -0.2) is 161 Å². The number of rotatable bonds is 34. The lowest BCUT2D eigenvalue weighted by Gasteiger charge is -2.26. The SMILES string of the molecule is O=C=NCCCC(N=C=O)C(=O)OCC(COC(=O)C(CCCN=C=O)N=C=O)OC(COC(=O)C(CCCN=C=O)N=C=O)COC(=O)C(CCCN=C=O)N=C=O. The maximum Gasteiger partial charge on any atom is 0.331 e. The Labute approximate surface area is 333 Å². The standard InChI is InChI=1S/C34H38N8O17/c43-17-35-9-1-5-27(39-21-47)31(51)55-13-25(14-56-32(52)28(40-22-48)6-2-10-36-18-44)59-26(15-57-33(53)29(41-23-49)7-3-11-37-19-45)16-58-34(54)30(42-24-50)8-4-12-38-20-46/h25-30H,1-16H2. The van der Waals surface area contributed by atoms with Crippen LogP contribution in [-0.2, 0) is 81.2 Å². The van der Waals surface area contributed by atoms with Crippen LogP contribution in [0.25, 0.3) is 0 Å². The highest BCUT2D eigenvalue weighted by Crippen LogP contribution is 2.13. The minimum Gasteiger partial charge on any atom is -0.461 e. The summed E-state index contributed by atoms with van der Waals surface area (Å²) in [7, 11) is 0. The summed E-state index contributed by atoms with van der Waals surface area (Å²) in [6.45, 7) is -3.41. The van der Waals surface area contributed by atoms with Crippen molar-refractivity contribution in [3.63, 3.8) is 0 Å². The highest BCUT2D eigenvalue weighted by Gasteiger charge is 2.29. The lowest BCUT2D eigenvalue weighted by molar-refractivity contribution is -0.172. The van der Waals surface area contributed by atoms with Crippen LogP contribution in [0.4, 0.5) is 0 Å². The topological polar surface area (TPSA) is 350 Å². The monoisotopic (exact) mass is 830 g/mol. The Morgan fingerprint density at radius 2 is 0.576 bits per heavy atom. The third-order valence-corrected chi connectivity index (χ3v) is 7.20. The molecule has 0 aromatic carbocycles. The molecule has 0 N–H and O–H groups in total. The zero-order chi connectivity index (χ0) is 43.9. The van der Waals surface area contributed by atoms with Crippen LogP contribution < -0.4 is 0 Å². The molecule has 0 aliphatic carbocycles. The molecule has 0 saturated heterocycles. The van der Waals surface area contributed by atoms with E-state index in [1.807, 2.05) is 0 Å². The summed E-state index contributed by atoms with van der Waals surface area (Å²) in [6.07, 6.45) is 6.88. The van der Waals surface area contributed by atoms with E-state index in [0.29, 0.717) is 0 Å². The maximum atomic E-state index is 12.9. The van der Waals surface area contributed by atoms with E-state index in [2.05, 4.69) is 39.9 Å². The molecule has 59 heavy (non-hydrogen) atoms. The van der Waals surface area contributed by atoms with Gasteiger partial charge >= 0.3 is 23.9 Å². The average molecular weight is 831 g/mol. The zero-order valence-corrected chi connectivity index (χ0v) is 31.3. The molecule has 0 radical (unpaired) electrons. The van der Waals surface area contributed by atoms with Gasteiger partial charge in [0.25, 0.3) is 0 Å². The van der Waals surface area contributed by atoms with Gasteiger partial charge in [-0.2, -0.15) is 20.0 Å². The molecule has 0 amide bonds. The number of ether oxygens (including phenoxy) is 5. The summed E-state index contributed by atoms with van der Waals surface area (Å²) < 4.78 is 26.9. The molecular formula is C34H38N8O17. The van der Waals surface area contributed by atoms with Gasteiger partial charge in [-0.1, -0.05) is 0 Å². The van der Waals surface area contributed by atoms with Crippen molar-refractivity contribution in [3.8, 4) is 0 Å². The second-order valence-electron chi connectivity index (χ2n) is 11.3. The van der Waals surface area contributed by atoms with E-state index in [4.69, 9.17) is 23.7 Å². The van der Waals surface area contributed by atoms with Crippen LogP contribution in [0.5, 0.6) is 0 Å². The molecule has 0 aromatic heterocycles. The molecule has 0 aliphatic heterocycles. The fraction of sp³-hybridized carbons (Fsp3) is 0.647. The first-order chi connectivity index (χ1) is 28.6. The van der Waals surface area contributed by atoms with Crippen LogP contribution in [0.15, 0.2) is 39.9 Å². The van der Waals surface area contributed by atoms with Gasteiger partial charge in [-0.15, -0.1) is 0 Å². The van der Waals surface area contributed by atoms with Crippen molar-refractivity contribution >= 4 is 72.5 Å². The largest absolute Gasteiger partial charge is 0.461 e. The maximum absolute atomic E-state index is 12.9. The second-order valence-corrected chi connectivity index (χ2v) is 11.3. The molecule has 316 valence electrons. The predicted molar refractivity (Wildman–Crippen MR) is 189 cm³/mol. The van der Waals surface area contributed by atoms with E-state index in [1.165, 1.54) is 48.6 Å². The third-order valence-electron chi connectivity index (χ3n) is 7.20. The molecule has 0 rings (SSSR count). The Kier molecular flexibility index (Phi) is 31.0. The average Bonchev–Trinajstić information content (AvgIpc) is 3.23. The van der Waals surface area contributed by atoms with Crippen LogP contribution in [0.3, 0.4) is 0 Å². The Balaban J connectivity index is 6.56. The highest BCUT2D eigenvalue weighted by atomic mass is 16.6. The van der Waals surface area contributed by atoms with Gasteiger partial charge in [0.2, 0.25) is 48.6 Å². The molecule has 0 heterocycles. The van der Waals surface area contributed by atoms with E-state index in [0.717, 1.165) is 0 Å². The molecular weight excluding hydrogens is 792 g/mol. The van der Waals surface area contributed by atoms with Gasteiger partial charge < -0.3 is 23.7 Å². The summed E-state index contributed by atoms with van der Waals surface area (Å²) in [4.78, 5) is 164. The van der Waals surface area contributed by atoms with Crippen molar-refractivity contribution in [3.05, 3.63) is 0 Å². The molecule has 4 atom stereocenters. The Morgan fingerprint density at radius 1 is 0.356 bits per heavy atom. The molecule has 25 nitrogen and oxygen atoms in total. The Bertz CT molecular complexity index is 1510. The van der Waals surface area contributed by atoms with Gasteiger partial charge in [0.1, 0.15) is 38.6 Å². The number of nitrogens with zero attached hydrogens (tertiary/aromatic N) is 8. The van der Waals surface area contributed by atoms with E-state index in [-0.39, 0.29) is 77.5 Å². The van der Waals surface area contributed by atoms with Gasteiger partial charge in [0.05, 0.1) is 26.2 Å². The normalized spacial score (nSPS) is 12.7. The Hall–Kier alpha value is -7.12. The third kappa shape index (κ3) is 25.6. The van der Waals surface area contributed by atoms with E-state index in [1.54, 1.807) is 0 Å². The molecule has 0 fully saturated rings. The van der Waals surface area contributed by atoms with Crippen molar-refractivity contribution in [1.82, 2.24) is 0 Å². The molecule has 0 spiro atoms. The summed E-state index contributed by atoms with van der Waals surface area (Å²) in [5.74, 6) is -4.45. The first-order valence-corrected chi connectivity index (χ1v) is 17.4. The Morgan fingerprint density at radius 3 is 0.763 bits per heavy atom. The van der Waals surface area contributed by atoms with Crippen LogP contribution in [0, 0.1) is 0 Å². The second kappa shape index (κ2) is 35.3. The van der Waals surface area contributed by atoms with Gasteiger partial charge in [-0.05, 0) is 51.4 Å². The number of esters is 4. The number of hydrogen-bond donors (Lipinski definition) is 0. The van der Waals surface area contributed by atoms with Crippen LogP contribution in [0.1, 0.15) is 51.4 Å². The molecule has 4 unspecified atom stereocenters. The van der Waals surface area contributed by atoms with Crippen molar-refractivity contribution in [2.45, 2.75) is 87.7 Å². The lowest BCUT2D eigenvalue weighted by atomic mass is 10.1. The summed E-state index contributed by atoms with van der Waals surface area (Å²) in [6, 6.07) is -5.74. The summed E-state index contributed by atoms with van der Waals surface area (Å²) in [5, 5.41) is 0. The number of hydrogen-bond acceptors (Lipinski definition) is 25. The first-order valence-electron chi connectivity index (χ1n) is 17.4. The number of isocyanates is 8. The fourth-order valence-corrected chi connectivity index (χ4v) is 4.44. The highest BCUT2D eigenvalue weighted by molar-refractivity contribution is 5.78. The quantitative estimate of drug-likeness (QED) is 0.0252. The minimum atomic E-state index is -1.53. The first kappa shape index (κ1) is 51.9. The van der Waals surface area contributed by atoms with E-state index < -0.39 is 86.7 Å². The summed E-state index contributed by atoms with van der Waals surface area (Å²) in [5.41, 5.74) is 0. The van der Waals surface area contributed by atoms with E-state index in [9.17, 15) is 57.5 Å². The smallest absolute Gasteiger partial charge is 0.331 e. The van der Waals surface area contributed by atoms with Crippen molar-refractivity contribution in [1.29, 1.82) is 0 Å². The number of carbonyl (C=O) groups is 4. The number of carbonyl (C=O) groups excluding carboxylic acids is 12. The van der Waals surface area contributed by atoms with Gasteiger partial charge in [0.15, 0.2) is 24.2 Å². The molecule has 0 bridgehead atoms. The summed E-state index contributed by atoms with van der Waals surface area (Å²) >= 11 is 0. The van der Waals surface area contributed by atoms with Crippen molar-refractivity contribution < 1.29 is 81.2 Å². The molecule has 0 aliphatic rings. The van der Waals surface area contributed by atoms with Gasteiger partial charge in [-0.3, -0.25) is 0 Å². The van der Waals surface area contributed by atoms with Crippen LogP contribution >= 0.6 is 0 Å². The van der Waals surface area contributed by atoms with E-state index >= 15 is 0 Å². The molecule has 0 saturated carbocycles. The zero-order valence-electron chi connectivity index (χ0n) is 31.3. The molecule has 0 aromatic rings. The predicted octanol–water partition coefficient (Wildman–Crippen LogP) is -0.805. The van der Waals surface area contributed by atoms with Crippen LogP contribution in [0.2, 0.25) is 0 Å². The van der Waals surface area contributed by atoms with Crippen molar-refractivity contribution in [2.24, 2.45) is 39.9 Å².